The second kappa shape index (κ2) is 7.65. The topological polar surface area (TPSA) is 82.6 Å². The minimum Gasteiger partial charge on any atom is -0.356 e. The normalized spacial score (nSPS) is 20.9. The largest absolute Gasteiger partial charge is 0.356 e. The number of hydrogen-bond donors (Lipinski definition) is 1. The Morgan fingerprint density at radius 2 is 1.90 bits per heavy atom. The number of anilines is 3. The molecule has 0 bridgehead atoms. The zero-order chi connectivity index (χ0) is 21.6. The average Bonchev–Trinajstić information content (AvgIpc) is 3.46. The van der Waals surface area contributed by atoms with Gasteiger partial charge in [0, 0.05) is 35.5 Å². The number of benzene rings is 2. The molecule has 0 spiro atoms. The Balaban J connectivity index is 1.34. The highest BCUT2D eigenvalue weighted by Gasteiger charge is 2.41. The van der Waals surface area contributed by atoms with Gasteiger partial charge in [0.05, 0.1) is 4.90 Å². The molecule has 1 N–H and O–H groups in total. The van der Waals surface area contributed by atoms with Crippen molar-refractivity contribution in [3.63, 3.8) is 0 Å². The molecule has 1 fully saturated rings. The number of nitrogens with zero attached hydrogens (tertiary/aromatic N) is 3. The molecule has 3 heterocycles. The van der Waals surface area contributed by atoms with Crippen molar-refractivity contribution in [3.05, 3.63) is 65.7 Å². The molecule has 160 valence electrons. The van der Waals surface area contributed by atoms with E-state index in [9.17, 15) is 13.2 Å². The lowest BCUT2D eigenvalue weighted by atomic mass is 10.1. The summed E-state index contributed by atoms with van der Waals surface area (Å²) >= 11 is 1.22. The van der Waals surface area contributed by atoms with Gasteiger partial charge in [-0.25, -0.2) is 13.4 Å². The zero-order valence-corrected chi connectivity index (χ0v) is 18.6. The molecule has 0 saturated carbocycles. The van der Waals surface area contributed by atoms with Crippen LogP contribution in [0.5, 0.6) is 0 Å². The lowest BCUT2D eigenvalue weighted by Crippen LogP contribution is -2.45. The lowest BCUT2D eigenvalue weighted by molar-refractivity contribution is -0.118. The van der Waals surface area contributed by atoms with Gasteiger partial charge in [-0.05, 0) is 55.7 Å². The van der Waals surface area contributed by atoms with E-state index in [4.69, 9.17) is 0 Å². The SMILES string of the molecule is CC1Cc2ccccc2N1[C@@H]1CCN(c2ccc(S(=O)(=O)Nc3nccs3)cc2)C1=O. The van der Waals surface area contributed by atoms with E-state index in [0.717, 1.165) is 18.5 Å². The van der Waals surface area contributed by atoms with Crippen LogP contribution in [0.2, 0.25) is 0 Å². The molecule has 0 radical (unpaired) electrons. The third-order valence-corrected chi connectivity index (χ3v) is 8.06. The second-order valence-corrected chi connectivity index (χ2v) is 10.4. The lowest BCUT2D eigenvalue weighted by Gasteiger charge is -2.30. The Morgan fingerprint density at radius 3 is 2.65 bits per heavy atom. The first-order chi connectivity index (χ1) is 14.9. The quantitative estimate of drug-likeness (QED) is 0.638. The summed E-state index contributed by atoms with van der Waals surface area (Å²) in [6, 6.07) is 14.8. The van der Waals surface area contributed by atoms with E-state index in [2.05, 4.69) is 33.7 Å². The maximum Gasteiger partial charge on any atom is 0.263 e. The summed E-state index contributed by atoms with van der Waals surface area (Å²) in [6.45, 7) is 2.77. The third kappa shape index (κ3) is 3.57. The molecule has 9 heteroatoms. The van der Waals surface area contributed by atoms with Crippen molar-refractivity contribution in [2.75, 3.05) is 21.1 Å². The highest BCUT2D eigenvalue weighted by molar-refractivity contribution is 7.93. The van der Waals surface area contributed by atoms with Crippen molar-refractivity contribution in [1.29, 1.82) is 0 Å². The fourth-order valence-corrected chi connectivity index (χ4v) is 6.29. The number of nitrogens with one attached hydrogen (secondary N) is 1. The van der Waals surface area contributed by atoms with E-state index in [1.807, 2.05) is 12.1 Å². The number of fused-ring (bicyclic) bond motifs is 1. The minimum atomic E-state index is -3.72. The summed E-state index contributed by atoms with van der Waals surface area (Å²) in [6.07, 6.45) is 3.22. The number of carbonyl (C=O) groups excluding carboxylic acids is 1. The molecule has 7 nitrogen and oxygen atoms in total. The molecule has 2 aromatic carbocycles. The van der Waals surface area contributed by atoms with Crippen molar-refractivity contribution in [3.8, 4) is 0 Å². The van der Waals surface area contributed by atoms with Crippen molar-refractivity contribution >= 4 is 43.8 Å². The molecule has 1 saturated heterocycles. The van der Waals surface area contributed by atoms with E-state index < -0.39 is 10.0 Å². The van der Waals surface area contributed by atoms with E-state index in [1.54, 1.807) is 28.6 Å². The van der Waals surface area contributed by atoms with Gasteiger partial charge in [0.1, 0.15) is 6.04 Å². The van der Waals surface area contributed by atoms with Gasteiger partial charge in [0.25, 0.3) is 10.0 Å². The first kappa shape index (κ1) is 20.0. The summed E-state index contributed by atoms with van der Waals surface area (Å²) < 4.78 is 27.6. The van der Waals surface area contributed by atoms with Gasteiger partial charge >= 0.3 is 0 Å². The number of rotatable bonds is 5. The van der Waals surface area contributed by atoms with Gasteiger partial charge in [-0.3, -0.25) is 9.52 Å². The number of thiazole rings is 1. The number of aromatic nitrogens is 1. The maximum atomic E-state index is 13.3. The average molecular weight is 455 g/mol. The number of carbonyl (C=O) groups is 1. The van der Waals surface area contributed by atoms with Crippen molar-refractivity contribution in [1.82, 2.24) is 4.98 Å². The van der Waals surface area contributed by atoms with Crippen LogP contribution < -0.4 is 14.5 Å². The van der Waals surface area contributed by atoms with Crippen molar-refractivity contribution < 1.29 is 13.2 Å². The van der Waals surface area contributed by atoms with Crippen LogP contribution in [-0.4, -0.2) is 37.9 Å². The molecular formula is C22H22N4O3S2. The molecule has 2 aliphatic heterocycles. The Bertz CT molecular complexity index is 1210. The van der Waals surface area contributed by atoms with Crippen molar-refractivity contribution in [2.24, 2.45) is 0 Å². The Kier molecular flexibility index (Phi) is 4.94. The predicted octanol–water partition coefficient (Wildman–Crippen LogP) is 3.50. The van der Waals surface area contributed by atoms with Gasteiger partial charge in [-0.2, -0.15) is 0 Å². The smallest absolute Gasteiger partial charge is 0.263 e. The molecule has 31 heavy (non-hydrogen) atoms. The number of sulfonamides is 1. The first-order valence-electron chi connectivity index (χ1n) is 10.1. The van der Waals surface area contributed by atoms with Crippen LogP contribution in [0.25, 0.3) is 0 Å². The fourth-order valence-electron chi connectivity index (χ4n) is 4.50. The van der Waals surface area contributed by atoms with Crippen LogP contribution in [-0.2, 0) is 21.2 Å². The van der Waals surface area contributed by atoms with Crippen molar-refractivity contribution in [2.45, 2.75) is 36.7 Å². The fraction of sp³-hybridized carbons (Fsp3) is 0.273. The molecule has 0 aliphatic carbocycles. The number of para-hydroxylation sites is 1. The van der Waals surface area contributed by atoms with Crippen LogP contribution in [0.3, 0.4) is 0 Å². The summed E-state index contributed by atoms with van der Waals surface area (Å²) in [4.78, 5) is 21.4. The summed E-state index contributed by atoms with van der Waals surface area (Å²) in [5.74, 6) is 0.0556. The molecule has 1 aromatic heterocycles. The molecule has 2 aliphatic rings. The van der Waals surface area contributed by atoms with Crippen LogP contribution in [0.1, 0.15) is 18.9 Å². The number of hydrogen-bond acceptors (Lipinski definition) is 6. The molecule has 1 unspecified atom stereocenters. The monoisotopic (exact) mass is 454 g/mol. The van der Waals surface area contributed by atoms with Crippen LogP contribution in [0, 0.1) is 0 Å². The van der Waals surface area contributed by atoms with Crippen LogP contribution >= 0.6 is 11.3 Å². The van der Waals surface area contributed by atoms with Gasteiger partial charge in [-0.15, -0.1) is 11.3 Å². The van der Waals surface area contributed by atoms with Crippen LogP contribution in [0.15, 0.2) is 65.0 Å². The highest BCUT2D eigenvalue weighted by atomic mass is 32.2. The Labute approximate surface area is 185 Å². The standard InChI is InChI=1S/C22H22N4O3S2/c1-15-14-16-4-2-3-5-19(16)26(15)20-10-12-25(21(20)27)17-6-8-18(9-7-17)31(28,29)24-22-23-11-13-30-22/h2-9,11,13,15,20H,10,12,14H2,1H3,(H,23,24)/t15?,20-/m1/s1. The Morgan fingerprint density at radius 1 is 1.13 bits per heavy atom. The molecule has 1 amide bonds. The highest BCUT2D eigenvalue weighted by Crippen LogP contribution is 2.37. The summed E-state index contributed by atoms with van der Waals surface area (Å²) in [5.41, 5.74) is 3.13. The van der Waals surface area contributed by atoms with Gasteiger partial charge < -0.3 is 9.80 Å². The van der Waals surface area contributed by atoms with E-state index >= 15 is 0 Å². The second-order valence-electron chi connectivity index (χ2n) is 7.82. The molecule has 3 aromatic rings. The van der Waals surface area contributed by atoms with Gasteiger partial charge in [0.15, 0.2) is 5.13 Å². The molecule has 2 atom stereocenters. The van der Waals surface area contributed by atoms with E-state index in [-0.39, 0.29) is 22.9 Å². The minimum absolute atomic E-state index is 0.0556. The number of amides is 1. The van der Waals surface area contributed by atoms with E-state index in [1.165, 1.54) is 29.0 Å². The Hall–Kier alpha value is -2.91. The van der Waals surface area contributed by atoms with Crippen LogP contribution in [0.4, 0.5) is 16.5 Å². The van der Waals surface area contributed by atoms with E-state index in [0.29, 0.717) is 17.4 Å². The third-order valence-electron chi connectivity index (χ3n) is 5.89. The maximum absolute atomic E-state index is 13.3. The summed E-state index contributed by atoms with van der Waals surface area (Å²) in [5, 5.41) is 2.03. The van der Waals surface area contributed by atoms with Gasteiger partial charge in [0.2, 0.25) is 5.91 Å². The summed E-state index contributed by atoms with van der Waals surface area (Å²) in [7, 11) is -3.72. The van der Waals surface area contributed by atoms with Gasteiger partial charge in [-0.1, -0.05) is 18.2 Å². The predicted molar refractivity (Wildman–Crippen MR) is 122 cm³/mol. The first-order valence-corrected chi connectivity index (χ1v) is 12.5. The zero-order valence-electron chi connectivity index (χ0n) is 16.9. The molecular weight excluding hydrogens is 432 g/mol. The molecule has 5 rings (SSSR count).